The maximum Gasteiger partial charge on any atom is 0.116 e. The zero-order valence-electron chi connectivity index (χ0n) is 13.0. The lowest BCUT2D eigenvalue weighted by Crippen LogP contribution is -2.34. The molecular formula is C18H26N2O. The average molecular weight is 286 g/mol. The lowest BCUT2D eigenvalue weighted by Gasteiger charge is -2.30. The van der Waals surface area contributed by atoms with Gasteiger partial charge in [0.2, 0.25) is 0 Å². The largest absolute Gasteiger partial charge is 0.491 e. The zero-order chi connectivity index (χ0) is 14.7. The van der Waals surface area contributed by atoms with Crippen molar-refractivity contribution in [2.45, 2.75) is 44.6 Å². The summed E-state index contributed by atoms with van der Waals surface area (Å²) in [6.07, 6.45) is 15.7. The van der Waals surface area contributed by atoms with Crippen molar-refractivity contribution in [3.05, 3.63) is 46.9 Å². The van der Waals surface area contributed by atoms with E-state index in [0.29, 0.717) is 6.10 Å². The maximum atomic E-state index is 6.21. The number of nitrogens with zero attached hydrogens (tertiary/aromatic N) is 1. The quantitative estimate of drug-likeness (QED) is 0.865. The molecule has 0 saturated carbocycles. The summed E-state index contributed by atoms with van der Waals surface area (Å²) in [5.41, 5.74) is 9.65. The Morgan fingerprint density at radius 1 is 1.05 bits per heavy atom. The molecule has 0 aromatic carbocycles. The van der Waals surface area contributed by atoms with Gasteiger partial charge in [-0.05, 0) is 74.9 Å². The van der Waals surface area contributed by atoms with Crippen LogP contribution in [0.3, 0.4) is 0 Å². The predicted octanol–water partition coefficient (Wildman–Crippen LogP) is 3.26. The van der Waals surface area contributed by atoms with Crippen molar-refractivity contribution in [3.63, 3.8) is 0 Å². The van der Waals surface area contributed by atoms with Crippen LogP contribution < -0.4 is 5.73 Å². The van der Waals surface area contributed by atoms with Crippen molar-refractivity contribution >= 4 is 0 Å². The molecule has 3 heteroatoms. The molecule has 0 unspecified atom stereocenters. The number of hydrogen-bond donors (Lipinski definition) is 1. The Morgan fingerprint density at radius 2 is 1.71 bits per heavy atom. The molecular weight excluding hydrogens is 260 g/mol. The lowest BCUT2D eigenvalue weighted by molar-refractivity contribution is 0.0632. The number of likely N-dealkylation sites (tertiary alicyclic amines) is 1. The van der Waals surface area contributed by atoms with Crippen LogP contribution in [0.5, 0.6) is 0 Å². The van der Waals surface area contributed by atoms with Crippen LogP contribution in [-0.4, -0.2) is 31.1 Å². The minimum absolute atomic E-state index is 0.383. The van der Waals surface area contributed by atoms with E-state index in [1.165, 1.54) is 11.1 Å². The SMILES string of the molecule is CN1CCC(OC2=CCCC(C3=CC(N)=CCC3)=C2)CC1. The fourth-order valence-corrected chi connectivity index (χ4v) is 3.28. The second kappa shape index (κ2) is 6.52. The zero-order valence-corrected chi connectivity index (χ0v) is 13.0. The van der Waals surface area contributed by atoms with Gasteiger partial charge in [-0.1, -0.05) is 6.08 Å². The predicted molar refractivity (Wildman–Crippen MR) is 86.6 cm³/mol. The van der Waals surface area contributed by atoms with E-state index in [4.69, 9.17) is 10.5 Å². The standard InChI is InChI=1S/C18H26N2O/c1-20-10-8-17(9-11-20)21-18-7-3-5-15(13-18)14-4-2-6-16(19)12-14/h6-7,12-13,17H,2-5,8-11,19H2,1H3. The smallest absolute Gasteiger partial charge is 0.116 e. The van der Waals surface area contributed by atoms with Crippen molar-refractivity contribution in [1.82, 2.24) is 4.90 Å². The molecule has 0 aromatic rings. The van der Waals surface area contributed by atoms with Gasteiger partial charge in [0.05, 0.1) is 0 Å². The first-order valence-electron chi connectivity index (χ1n) is 8.13. The van der Waals surface area contributed by atoms with Crippen LogP contribution in [0.2, 0.25) is 0 Å². The molecule has 21 heavy (non-hydrogen) atoms. The van der Waals surface area contributed by atoms with E-state index in [1.54, 1.807) is 0 Å². The normalized spacial score (nSPS) is 24.8. The summed E-state index contributed by atoms with van der Waals surface area (Å²) in [5.74, 6) is 1.07. The number of piperidine rings is 1. The van der Waals surface area contributed by atoms with Gasteiger partial charge in [-0.2, -0.15) is 0 Å². The van der Waals surface area contributed by atoms with Crippen molar-refractivity contribution in [2.75, 3.05) is 20.1 Å². The van der Waals surface area contributed by atoms with Gasteiger partial charge in [0.15, 0.2) is 0 Å². The van der Waals surface area contributed by atoms with Crippen LogP contribution in [-0.2, 0) is 4.74 Å². The second-order valence-corrected chi connectivity index (χ2v) is 6.35. The molecule has 1 fully saturated rings. The summed E-state index contributed by atoms with van der Waals surface area (Å²) in [6.45, 7) is 2.28. The Morgan fingerprint density at radius 3 is 2.43 bits per heavy atom. The Hall–Kier alpha value is -1.48. The Kier molecular flexibility index (Phi) is 4.49. The minimum atomic E-state index is 0.383. The molecule has 1 heterocycles. The monoisotopic (exact) mass is 286 g/mol. The minimum Gasteiger partial charge on any atom is -0.491 e. The maximum absolute atomic E-state index is 6.21. The summed E-state index contributed by atoms with van der Waals surface area (Å²) in [5, 5.41) is 0. The molecule has 0 bridgehead atoms. The first-order valence-corrected chi connectivity index (χ1v) is 8.13. The highest BCUT2D eigenvalue weighted by molar-refractivity contribution is 5.43. The first-order chi connectivity index (χ1) is 10.2. The van der Waals surface area contributed by atoms with Crippen LogP contribution in [0.4, 0.5) is 0 Å². The van der Waals surface area contributed by atoms with E-state index in [1.807, 2.05) is 0 Å². The summed E-state index contributed by atoms with van der Waals surface area (Å²) in [4.78, 5) is 2.37. The molecule has 1 aliphatic heterocycles. The van der Waals surface area contributed by atoms with Gasteiger partial charge in [-0.3, -0.25) is 0 Å². The fraction of sp³-hybridized carbons (Fsp3) is 0.556. The van der Waals surface area contributed by atoms with Gasteiger partial charge in [0.25, 0.3) is 0 Å². The van der Waals surface area contributed by atoms with Crippen molar-refractivity contribution in [3.8, 4) is 0 Å². The molecule has 3 aliphatic rings. The Labute approximate surface area is 127 Å². The number of allylic oxidation sites excluding steroid dienone is 6. The average Bonchev–Trinajstić information content (AvgIpc) is 2.50. The topological polar surface area (TPSA) is 38.5 Å². The summed E-state index contributed by atoms with van der Waals surface area (Å²) in [6, 6.07) is 0. The molecule has 2 N–H and O–H groups in total. The third-order valence-electron chi connectivity index (χ3n) is 4.59. The number of ether oxygens (including phenoxy) is 1. The molecule has 114 valence electrons. The Bertz CT molecular complexity index is 505. The molecule has 0 aromatic heterocycles. The third kappa shape index (κ3) is 3.79. The lowest BCUT2D eigenvalue weighted by atomic mass is 9.90. The van der Waals surface area contributed by atoms with Gasteiger partial charge in [-0.15, -0.1) is 0 Å². The van der Waals surface area contributed by atoms with Gasteiger partial charge in [0, 0.05) is 18.8 Å². The van der Waals surface area contributed by atoms with Crippen LogP contribution in [0.15, 0.2) is 46.9 Å². The first kappa shape index (κ1) is 14.5. The van der Waals surface area contributed by atoms with E-state index in [2.05, 4.69) is 36.3 Å². The van der Waals surface area contributed by atoms with Crippen LogP contribution >= 0.6 is 0 Å². The number of hydrogen-bond acceptors (Lipinski definition) is 3. The van der Waals surface area contributed by atoms with E-state index in [0.717, 1.165) is 63.1 Å². The third-order valence-corrected chi connectivity index (χ3v) is 4.59. The van der Waals surface area contributed by atoms with Crippen molar-refractivity contribution < 1.29 is 4.74 Å². The summed E-state index contributed by atoms with van der Waals surface area (Å²) >= 11 is 0. The van der Waals surface area contributed by atoms with Crippen molar-refractivity contribution in [2.24, 2.45) is 5.73 Å². The molecule has 3 nitrogen and oxygen atoms in total. The van der Waals surface area contributed by atoms with Gasteiger partial charge in [-0.25, -0.2) is 0 Å². The van der Waals surface area contributed by atoms with Gasteiger partial charge < -0.3 is 15.4 Å². The molecule has 0 spiro atoms. The summed E-state index contributed by atoms with van der Waals surface area (Å²) in [7, 11) is 2.18. The molecule has 3 rings (SSSR count). The van der Waals surface area contributed by atoms with E-state index < -0.39 is 0 Å². The molecule has 2 aliphatic carbocycles. The van der Waals surface area contributed by atoms with Crippen molar-refractivity contribution in [1.29, 1.82) is 0 Å². The fourth-order valence-electron chi connectivity index (χ4n) is 3.28. The highest BCUT2D eigenvalue weighted by Gasteiger charge is 2.20. The molecule has 1 saturated heterocycles. The van der Waals surface area contributed by atoms with Crippen LogP contribution in [0, 0.1) is 0 Å². The van der Waals surface area contributed by atoms with E-state index in [-0.39, 0.29) is 0 Å². The van der Waals surface area contributed by atoms with Gasteiger partial charge >= 0.3 is 0 Å². The molecule has 0 amide bonds. The Balaban J connectivity index is 1.64. The second-order valence-electron chi connectivity index (χ2n) is 6.35. The molecule has 0 atom stereocenters. The number of nitrogens with two attached hydrogens (primary N) is 1. The van der Waals surface area contributed by atoms with Gasteiger partial charge in [0.1, 0.15) is 11.9 Å². The highest BCUT2D eigenvalue weighted by atomic mass is 16.5. The van der Waals surface area contributed by atoms with E-state index in [9.17, 15) is 0 Å². The van der Waals surface area contributed by atoms with E-state index >= 15 is 0 Å². The summed E-state index contributed by atoms with van der Waals surface area (Å²) < 4.78 is 6.21. The number of rotatable bonds is 3. The van der Waals surface area contributed by atoms with Crippen LogP contribution in [0.25, 0.3) is 0 Å². The molecule has 0 radical (unpaired) electrons. The highest BCUT2D eigenvalue weighted by Crippen LogP contribution is 2.30. The van der Waals surface area contributed by atoms with Crippen LogP contribution in [0.1, 0.15) is 38.5 Å².